The van der Waals surface area contributed by atoms with Gasteiger partial charge in [0.1, 0.15) is 0 Å². The molecule has 0 aliphatic rings. The van der Waals surface area contributed by atoms with Crippen molar-refractivity contribution >= 4 is 26.8 Å². The summed E-state index contributed by atoms with van der Waals surface area (Å²) in [4.78, 5) is 4.47. The van der Waals surface area contributed by atoms with E-state index < -0.39 is 0 Å². The zero-order valence-electron chi connectivity index (χ0n) is 11.3. The minimum Gasteiger partial charge on any atom is -0.337 e. The highest BCUT2D eigenvalue weighted by atomic mass is 79.9. The molecule has 2 heterocycles. The van der Waals surface area contributed by atoms with Gasteiger partial charge in [0.25, 0.3) is 0 Å². The lowest BCUT2D eigenvalue weighted by atomic mass is 10.2. The van der Waals surface area contributed by atoms with Crippen LogP contribution in [-0.2, 0) is 13.1 Å². The molecule has 2 aromatic heterocycles. The third-order valence-electron chi connectivity index (χ3n) is 3.36. The minimum atomic E-state index is 0.789. The van der Waals surface area contributed by atoms with Crippen LogP contribution in [-0.4, -0.2) is 16.6 Å². The van der Waals surface area contributed by atoms with Gasteiger partial charge in [-0.15, -0.1) is 0 Å². The van der Waals surface area contributed by atoms with E-state index in [0.29, 0.717) is 0 Å². The smallest absolute Gasteiger partial charge is 0.0651 e. The average molecular weight is 330 g/mol. The molecule has 3 aromatic rings. The molecule has 0 radical (unpaired) electrons. The van der Waals surface area contributed by atoms with Gasteiger partial charge < -0.3 is 9.88 Å². The van der Waals surface area contributed by atoms with Crippen molar-refractivity contribution in [1.82, 2.24) is 14.9 Å². The SMILES string of the molecule is CNCc1cc2ccccc2n1Cc1ccc(Br)cn1. The molecule has 0 bridgehead atoms. The lowest BCUT2D eigenvalue weighted by molar-refractivity contribution is 0.699. The summed E-state index contributed by atoms with van der Waals surface area (Å²) in [5.41, 5.74) is 3.59. The van der Waals surface area contributed by atoms with Gasteiger partial charge in [-0.25, -0.2) is 0 Å². The standard InChI is InChI=1S/C16H16BrN3/c1-18-10-15-8-12-4-2-3-5-16(12)20(15)11-14-7-6-13(17)9-19-14/h2-9,18H,10-11H2,1H3. The second-order valence-corrected chi connectivity index (χ2v) is 5.69. The molecule has 0 aliphatic heterocycles. The number of para-hydroxylation sites is 1. The van der Waals surface area contributed by atoms with Crippen molar-refractivity contribution in [3.63, 3.8) is 0 Å². The van der Waals surface area contributed by atoms with Gasteiger partial charge in [-0.3, -0.25) is 4.98 Å². The molecule has 3 nitrogen and oxygen atoms in total. The Bertz CT molecular complexity index is 716. The number of nitrogens with one attached hydrogen (secondary N) is 1. The summed E-state index contributed by atoms with van der Waals surface area (Å²) < 4.78 is 3.33. The number of halogens is 1. The van der Waals surface area contributed by atoms with Crippen LogP contribution in [0.1, 0.15) is 11.4 Å². The Labute approximate surface area is 126 Å². The number of nitrogens with zero attached hydrogens (tertiary/aromatic N) is 2. The Hall–Kier alpha value is -1.65. The molecule has 4 heteroatoms. The molecule has 0 amide bonds. The van der Waals surface area contributed by atoms with E-state index in [1.807, 2.05) is 19.3 Å². The zero-order chi connectivity index (χ0) is 13.9. The molecular weight excluding hydrogens is 314 g/mol. The Morgan fingerprint density at radius 3 is 2.80 bits per heavy atom. The average Bonchev–Trinajstić information content (AvgIpc) is 2.80. The summed E-state index contributed by atoms with van der Waals surface area (Å²) in [6.45, 7) is 1.64. The number of hydrogen-bond donors (Lipinski definition) is 1. The number of fused-ring (bicyclic) bond motifs is 1. The molecular formula is C16H16BrN3. The van der Waals surface area contributed by atoms with Crippen LogP contribution < -0.4 is 5.32 Å². The van der Waals surface area contributed by atoms with Crippen molar-refractivity contribution in [1.29, 1.82) is 0 Å². The van der Waals surface area contributed by atoms with E-state index in [1.54, 1.807) is 0 Å². The molecule has 1 aromatic carbocycles. The number of hydrogen-bond acceptors (Lipinski definition) is 2. The quantitative estimate of drug-likeness (QED) is 0.793. The van der Waals surface area contributed by atoms with Crippen LogP contribution in [0.25, 0.3) is 10.9 Å². The molecule has 0 aliphatic carbocycles. The van der Waals surface area contributed by atoms with Gasteiger partial charge in [0, 0.05) is 28.4 Å². The fraction of sp³-hybridized carbons (Fsp3) is 0.188. The van der Waals surface area contributed by atoms with Crippen LogP contribution in [0.4, 0.5) is 0 Å². The second-order valence-electron chi connectivity index (χ2n) is 4.78. The molecule has 0 fully saturated rings. The van der Waals surface area contributed by atoms with Crippen LogP contribution >= 0.6 is 15.9 Å². The fourth-order valence-corrected chi connectivity index (χ4v) is 2.68. The van der Waals surface area contributed by atoms with Gasteiger partial charge in [-0.05, 0) is 52.6 Å². The number of rotatable bonds is 4. The van der Waals surface area contributed by atoms with Gasteiger partial charge in [0.15, 0.2) is 0 Å². The van der Waals surface area contributed by atoms with Gasteiger partial charge >= 0.3 is 0 Å². The van der Waals surface area contributed by atoms with Crippen molar-refractivity contribution in [2.75, 3.05) is 7.05 Å². The summed E-state index contributed by atoms with van der Waals surface area (Å²) >= 11 is 3.42. The third-order valence-corrected chi connectivity index (χ3v) is 3.83. The third kappa shape index (κ3) is 2.62. The highest BCUT2D eigenvalue weighted by molar-refractivity contribution is 9.10. The van der Waals surface area contributed by atoms with E-state index in [1.165, 1.54) is 16.6 Å². The first-order valence-electron chi connectivity index (χ1n) is 6.60. The second kappa shape index (κ2) is 5.77. The van der Waals surface area contributed by atoms with Crippen LogP contribution in [0.5, 0.6) is 0 Å². The molecule has 0 unspecified atom stereocenters. The molecule has 1 N–H and O–H groups in total. The summed E-state index contributed by atoms with van der Waals surface area (Å²) in [6.07, 6.45) is 1.85. The minimum absolute atomic E-state index is 0.789. The first-order valence-corrected chi connectivity index (χ1v) is 7.39. The van der Waals surface area contributed by atoms with Crippen molar-refractivity contribution in [3.05, 3.63) is 64.5 Å². The van der Waals surface area contributed by atoms with E-state index in [4.69, 9.17) is 0 Å². The Morgan fingerprint density at radius 2 is 2.05 bits per heavy atom. The van der Waals surface area contributed by atoms with Crippen LogP contribution in [0.15, 0.2) is 53.1 Å². The first kappa shape index (κ1) is 13.3. The molecule has 0 saturated heterocycles. The molecule has 0 saturated carbocycles. The fourth-order valence-electron chi connectivity index (χ4n) is 2.44. The Kier molecular flexibility index (Phi) is 3.85. The van der Waals surface area contributed by atoms with Crippen LogP contribution in [0, 0.1) is 0 Å². The van der Waals surface area contributed by atoms with E-state index in [-0.39, 0.29) is 0 Å². The molecule has 0 spiro atoms. The number of aromatic nitrogens is 2. The van der Waals surface area contributed by atoms with Crippen LogP contribution in [0.3, 0.4) is 0 Å². The maximum absolute atomic E-state index is 4.47. The lowest BCUT2D eigenvalue weighted by Crippen LogP contribution is -2.12. The van der Waals surface area contributed by atoms with E-state index in [0.717, 1.165) is 23.3 Å². The van der Waals surface area contributed by atoms with Crippen molar-refractivity contribution in [2.45, 2.75) is 13.1 Å². The van der Waals surface area contributed by atoms with E-state index >= 15 is 0 Å². The maximum atomic E-state index is 4.47. The van der Waals surface area contributed by atoms with Crippen LogP contribution in [0.2, 0.25) is 0 Å². The summed E-state index contributed by atoms with van der Waals surface area (Å²) in [7, 11) is 1.97. The Morgan fingerprint density at radius 1 is 1.20 bits per heavy atom. The van der Waals surface area contributed by atoms with Crippen molar-refractivity contribution < 1.29 is 0 Å². The summed E-state index contributed by atoms with van der Waals surface area (Å²) in [6, 6.07) is 14.8. The van der Waals surface area contributed by atoms with Gasteiger partial charge in [0.2, 0.25) is 0 Å². The predicted octanol–water partition coefficient (Wildman–Crippen LogP) is 3.57. The molecule has 102 valence electrons. The van der Waals surface area contributed by atoms with Crippen molar-refractivity contribution in [2.24, 2.45) is 0 Å². The van der Waals surface area contributed by atoms with Gasteiger partial charge in [-0.1, -0.05) is 18.2 Å². The number of pyridine rings is 1. The highest BCUT2D eigenvalue weighted by Gasteiger charge is 2.08. The lowest BCUT2D eigenvalue weighted by Gasteiger charge is -2.10. The monoisotopic (exact) mass is 329 g/mol. The summed E-state index contributed by atoms with van der Waals surface area (Å²) in [5.74, 6) is 0. The topological polar surface area (TPSA) is 29.9 Å². The first-order chi connectivity index (χ1) is 9.78. The Balaban J connectivity index is 2.04. The number of benzene rings is 1. The molecule has 20 heavy (non-hydrogen) atoms. The molecule has 0 atom stereocenters. The van der Waals surface area contributed by atoms with Gasteiger partial charge in [-0.2, -0.15) is 0 Å². The van der Waals surface area contributed by atoms with Crippen molar-refractivity contribution in [3.8, 4) is 0 Å². The normalized spacial score (nSPS) is 11.1. The highest BCUT2D eigenvalue weighted by Crippen LogP contribution is 2.21. The maximum Gasteiger partial charge on any atom is 0.0651 e. The largest absolute Gasteiger partial charge is 0.337 e. The summed E-state index contributed by atoms with van der Waals surface area (Å²) in [5, 5.41) is 4.50. The van der Waals surface area contributed by atoms with E-state index in [9.17, 15) is 0 Å². The zero-order valence-corrected chi connectivity index (χ0v) is 12.9. The predicted molar refractivity (Wildman–Crippen MR) is 85.7 cm³/mol. The van der Waals surface area contributed by atoms with Gasteiger partial charge in [0.05, 0.1) is 12.2 Å². The molecule has 3 rings (SSSR count). The van der Waals surface area contributed by atoms with E-state index in [2.05, 4.69) is 67.2 Å².